The second kappa shape index (κ2) is 2.11. The van der Waals surface area contributed by atoms with Crippen molar-refractivity contribution in [2.24, 2.45) is 5.41 Å². The molecule has 0 saturated heterocycles. The van der Waals surface area contributed by atoms with E-state index < -0.39 is 0 Å². The lowest BCUT2D eigenvalue weighted by Gasteiger charge is -2.19. The highest BCUT2D eigenvalue weighted by atomic mass is 19.1. The Kier molecular flexibility index (Phi) is 1.65. The Hall–Kier alpha value is -0.265. The summed E-state index contributed by atoms with van der Waals surface area (Å²) in [6.45, 7) is 5.87. The van der Waals surface area contributed by atoms with Gasteiger partial charge in [0, 0.05) is 0 Å². The van der Waals surface area contributed by atoms with Crippen molar-refractivity contribution in [1.82, 2.24) is 0 Å². The van der Waals surface area contributed by atoms with Crippen molar-refractivity contribution in [2.75, 3.05) is 0 Å². The van der Waals surface area contributed by atoms with Crippen molar-refractivity contribution in [3.05, 3.63) is 11.4 Å². The fourth-order valence-corrected chi connectivity index (χ4v) is 1.39. The van der Waals surface area contributed by atoms with Crippen LogP contribution < -0.4 is 0 Å². The minimum absolute atomic E-state index is 0.0243. The highest BCUT2D eigenvalue weighted by molar-refractivity contribution is 6.13. The first-order chi connectivity index (χ1) is 4.45. The number of allylic oxidation sites excluding steroid dienone is 2. The first-order valence-corrected chi connectivity index (χ1v) is 3.57. The van der Waals surface area contributed by atoms with Crippen molar-refractivity contribution in [2.45, 2.75) is 33.0 Å². The molecule has 2 heteroatoms. The fourth-order valence-electron chi connectivity index (χ4n) is 1.39. The predicted molar refractivity (Wildman–Crippen MR) is 41.7 cm³/mol. The SMILES string of the molecule is [B]C1CC(C)(C)C(C)=C1F. The maximum atomic E-state index is 13.0. The van der Waals surface area contributed by atoms with E-state index in [1.807, 2.05) is 20.8 Å². The number of hydrogen-bond acceptors (Lipinski definition) is 0. The van der Waals surface area contributed by atoms with Crippen molar-refractivity contribution >= 4 is 7.85 Å². The third kappa shape index (κ3) is 1.000. The van der Waals surface area contributed by atoms with Gasteiger partial charge in [0.1, 0.15) is 0 Å². The van der Waals surface area contributed by atoms with Gasteiger partial charge in [-0.2, -0.15) is 0 Å². The molecule has 1 rings (SSSR count). The summed E-state index contributed by atoms with van der Waals surface area (Å²) in [5, 5.41) is 0. The van der Waals surface area contributed by atoms with E-state index in [1.54, 1.807) is 0 Å². The lowest BCUT2D eigenvalue weighted by molar-refractivity contribution is 0.442. The van der Waals surface area contributed by atoms with Crippen molar-refractivity contribution < 1.29 is 4.39 Å². The van der Waals surface area contributed by atoms with Crippen LogP contribution >= 0.6 is 0 Å². The molecule has 0 aromatic carbocycles. The molecule has 0 aliphatic heterocycles. The summed E-state index contributed by atoms with van der Waals surface area (Å²) in [4.78, 5) is 0. The number of hydrogen-bond donors (Lipinski definition) is 0. The van der Waals surface area contributed by atoms with Gasteiger partial charge >= 0.3 is 0 Å². The number of halogens is 1. The normalized spacial score (nSPS) is 31.4. The standard InChI is InChI=1S/C8H12BF/c1-5-7(10)6(9)4-8(5,2)3/h6H,4H2,1-3H3. The van der Waals surface area contributed by atoms with E-state index in [0.717, 1.165) is 12.0 Å². The van der Waals surface area contributed by atoms with Gasteiger partial charge in [-0.25, -0.2) is 4.39 Å². The fraction of sp³-hybridized carbons (Fsp3) is 0.750. The molecular weight excluding hydrogens is 126 g/mol. The van der Waals surface area contributed by atoms with Crippen LogP contribution in [-0.4, -0.2) is 7.85 Å². The molecule has 0 nitrogen and oxygen atoms in total. The average molecular weight is 138 g/mol. The Balaban J connectivity index is 2.95. The summed E-state index contributed by atoms with van der Waals surface area (Å²) in [6, 6.07) is 0. The van der Waals surface area contributed by atoms with Gasteiger partial charge in [0.15, 0.2) is 0 Å². The molecule has 2 radical (unpaired) electrons. The minimum Gasteiger partial charge on any atom is -0.212 e. The van der Waals surface area contributed by atoms with Gasteiger partial charge in [-0.3, -0.25) is 0 Å². The smallest absolute Gasteiger partial charge is 0.0939 e. The van der Waals surface area contributed by atoms with Crippen LogP contribution in [0.4, 0.5) is 4.39 Å². The minimum atomic E-state index is -0.352. The Morgan fingerprint density at radius 2 is 2.10 bits per heavy atom. The quantitative estimate of drug-likeness (QED) is 0.451. The van der Waals surface area contributed by atoms with Crippen LogP contribution in [0, 0.1) is 5.41 Å². The van der Waals surface area contributed by atoms with Crippen LogP contribution in [0.3, 0.4) is 0 Å². The Morgan fingerprint density at radius 3 is 2.20 bits per heavy atom. The van der Waals surface area contributed by atoms with Gasteiger partial charge in [0.25, 0.3) is 0 Å². The van der Waals surface area contributed by atoms with Crippen LogP contribution in [0.2, 0.25) is 5.82 Å². The molecule has 0 fully saturated rings. The van der Waals surface area contributed by atoms with Gasteiger partial charge in [-0.15, -0.1) is 0 Å². The molecule has 0 bridgehead atoms. The zero-order chi connectivity index (χ0) is 7.94. The largest absolute Gasteiger partial charge is 0.212 e. The maximum absolute atomic E-state index is 13.0. The molecule has 1 atom stereocenters. The molecule has 0 spiro atoms. The summed E-state index contributed by atoms with van der Waals surface area (Å²) >= 11 is 0. The summed E-state index contributed by atoms with van der Waals surface area (Å²) in [6.07, 6.45) is 0.741. The third-order valence-electron chi connectivity index (χ3n) is 2.43. The molecule has 1 unspecified atom stereocenters. The van der Waals surface area contributed by atoms with Crippen LogP contribution in [0.15, 0.2) is 11.4 Å². The van der Waals surface area contributed by atoms with Crippen LogP contribution in [0.25, 0.3) is 0 Å². The van der Waals surface area contributed by atoms with E-state index >= 15 is 0 Å². The zero-order valence-electron chi connectivity index (χ0n) is 6.74. The molecule has 1 aliphatic rings. The highest BCUT2D eigenvalue weighted by Crippen LogP contribution is 2.47. The Labute approximate surface area is 62.9 Å². The molecule has 0 N–H and O–H groups in total. The average Bonchev–Trinajstić information content (AvgIpc) is 1.95. The topological polar surface area (TPSA) is 0 Å². The first kappa shape index (κ1) is 7.84. The van der Waals surface area contributed by atoms with E-state index in [0.29, 0.717) is 0 Å². The van der Waals surface area contributed by atoms with Gasteiger partial charge in [-0.1, -0.05) is 13.8 Å². The molecule has 0 saturated carbocycles. The van der Waals surface area contributed by atoms with Crippen LogP contribution in [-0.2, 0) is 0 Å². The molecule has 10 heavy (non-hydrogen) atoms. The van der Waals surface area contributed by atoms with Crippen molar-refractivity contribution in [3.8, 4) is 0 Å². The molecular formula is C8H12BF. The van der Waals surface area contributed by atoms with Gasteiger partial charge in [-0.05, 0) is 30.1 Å². The second-order valence-electron chi connectivity index (χ2n) is 3.67. The summed E-state index contributed by atoms with van der Waals surface area (Å²) in [5.41, 5.74) is 0.795. The van der Waals surface area contributed by atoms with E-state index in [2.05, 4.69) is 0 Å². The maximum Gasteiger partial charge on any atom is 0.0939 e. The summed E-state index contributed by atoms with van der Waals surface area (Å²) in [7, 11) is 5.51. The van der Waals surface area contributed by atoms with Crippen molar-refractivity contribution in [1.29, 1.82) is 0 Å². The van der Waals surface area contributed by atoms with Gasteiger partial charge in [0.05, 0.1) is 13.7 Å². The molecule has 1 aliphatic carbocycles. The first-order valence-electron chi connectivity index (χ1n) is 3.57. The Bertz CT molecular complexity index is 182. The lowest BCUT2D eigenvalue weighted by Crippen LogP contribution is -2.08. The van der Waals surface area contributed by atoms with Gasteiger partial charge < -0.3 is 0 Å². The molecule has 0 aromatic heterocycles. The molecule has 54 valence electrons. The van der Waals surface area contributed by atoms with Crippen molar-refractivity contribution in [3.63, 3.8) is 0 Å². The van der Waals surface area contributed by atoms with Crippen LogP contribution in [0.1, 0.15) is 27.2 Å². The Morgan fingerprint density at radius 1 is 1.60 bits per heavy atom. The number of rotatable bonds is 0. The van der Waals surface area contributed by atoms with E-state index in [9.17, 15) is 4.39 Å². The van der Waals surface area contributed by atoms with Crippen LogP contribution in [0.5, 0.6) is 0 Å². The monoisotopic (exact) mass is 138 g/mol. The van der Waals surface area contributed by atoms with E-state index in [-0.39, 0.29) is 17.1 Å². The molecule has 0 aromatic rings. The molecule has 0 heterocycles. The van der Waals surface area contributed by atoms with E-state index in [4.69, 9.17) is 7.85 Å². The predicted octanol–water partition coefficient (Wildman–Crippen LogP) is 2.62. The lowest BCUT2D eigenvalue weighted by atomic mass is 9.79. The zero-order valence-corrected chi connectivity index (χ0v) is 6.74. The second-order valence-corrected chi connectivity index (χ2v) is 3.67. The summed E-state index contributed by atoms with van der Waals surface area (Å²) < 4.78 is 13.0. The summed E-state index contributed by atoms with van der Waals surface area (Å²) in [5.74, 6) is -0.458. The van der Waals surface area contributed by atoms with Gasteiger partial charge in [0.2, 0.25) is 0 Å². The van der Waals surface area contributed by atoms with E-state index in [1.165, 1.54) is 0 Å². The third-order valence-corrected chi connectivity index (χ3v) is 2.43. The highest BCUT2D eigenvalue weighted by Gasteiger charge is 2.34. The molecule has 0 amide bonds.